The summed E-state index contributed by atoms with van der Waals surface area (Å²) in [5.41, 5.74) is 0.187. The number of benzene rings is 2. The smallest absolute Gasteiger partial charge is 0.338 e. The van der Waals surface area contributed by atoms with E-state index in [4.69, 9.17) is 4.74 Å². The first-order valence-electron chi connectivity index (χ1n) is 7.13. The number of H-pyrrole nitrogens is 1. The zero-order valence-electron chi connectivity index (χ0n) is 12.4. The number of esters is 1. The van der Waals surface area contributed by atoms with Gasteiger partial charge in [-0.1, -0.05) is 18.2 Å². The summed E-state index contributed by atoms with van der Waals surface area (Å²) >= 11 is 0. The molecule has 1 aromatic heterocycles. The zero-order valence-corrected chi connectivity index (χ0v) is 12.4. The minimum atomic E-state index is -0.560. The SMILES string of the molecule is CCOC(=O)c1ccc2c(=O)[nH]c(=O)n(-c3ccccc3)c2c1. The van der Waals surface area contributed by atoms with Gasteiger partial charge in [-0.05, 0) is 37.3 Å². The number of nitrogens with zero attached hydrogens (tertiary/aromatic N) is 1. The first-order chi connectivity index (χ1) is 11.1. The number of nitrogens with one attached hydrogen (secondary N) is 1. The van der Waals surface area contributed by atoms with E-state index in [1.54, 1.807) is 31.2 Å². The highest BCUT2D eigenvalue weighted by molar-refractivity contribution is 5.94. The predicted octanol–water partition coefficient (Wildman–Crippen LogP) is 1.86. The maximum atomic E-state index is 12.3. The fourth-order valence-corrected chi connectivity index (χ4v) is 2.41. The third-order valence-electron chi connectivity index (χ3n) is 3.43. The van der Waals surface area contributed by atoms with Gasteiger partial charge >= 0.3 is 11.7 Å². The minimum absolute atomic E-state index is 0.248. The van der Waals surface area contributed by atoms with Gasteiger partial charge in [-0.3, -0.25) is 14.3 Å². The van der Waals surface area contributed by atoms with Crippen molar-refractivity contribution in [2.75, 3.05) is 6.61 Å². The summed E-state index contributed by atoms with van der Waals surface area (Å²) in [7, 11) is 0. The third kappa shape index (κ3) is 2.66. The molecule has 0 spiro atoms. The van der Waals surface area contributed by atoms with Crippen LogP contribution in [0.5, 0.6) is 0 Å². The van der Waals surface area contributed by atoms with Gasteiger partial charge in [-0.2, -0.15) is 0 Å². The Hall–Kier alpha value is -3.15. The highest BCUT2D eigenvalue weighted by atomic mass is 16.5. The van der Waals surface area contributed by atoms with Crippen molar-refractivity contribution >= 4 is 16.9 Å². The highest BCUT2D eigenvalue weighted by Gasteiger charge is 2.13. The second-order valence-electron chi connectivity index (χ2n) is 4.88. The number of rotatable bonds is 3. The first kappa shape index (κ1) is 14.8. The Morgan fingerprint density at radius 2 is 1.87 bits per heavy atom. The molecule has 0 saturated carbocycles. The molecule has 0 unspecified atom stereocenters. The Morgan fingerprint density at radius 1 is 1.13 bits per heavy atom. The van der Waals surface area contributed by atoms with Gasteiger partial charge in [-0.15, -0.1) is 0 Å². The van der Waals surface area contributed by atoms with Crippen LogP contribution in [0.1, 0.15) is 17.3 Å². The normalized spacial score (nSPS) is 10.7. The van der Waals surface area contributed by atoms with E-state index in [1.807, 2.05) is 6.07 Å². The summed E-state index contributed by atoms with van der Waals surface area (Å²) in [6.45, 7) is 1.96. The number of aromatic nitrogens is 2. The van der Waals surface area contributed by atoms with Gasteiger partial charge < -0.3 is 4.74 Å². The number of para-hydroxylation sites is 1. The zero-order chi connectivity index (χ0) is 16.4. The fraction of sp³-hybridized carbons (Fsp3) is 0.118. The number of aromatic amines is 1. The quantitative estimate of drug-likeness (QED) is 0.749. The maximum Gasteiger partial charge on any atom is 0.338 e. The van der Waals surface area contributed by atoms with Crippen molar-refractivity contribution in [2.45, 2.75) is 6.92 Å². The lowest BCUT2D eigenvalue weighted by Gasteiger charge is -2.10. The van der Waals surface area contributed by atoms with E-state index in [0.717, 1.165) is 0 Å². The second kappa shape index (κ2) is 5.92. The number of hydrogen-bond acceptors (Lipinski definition) is 4. The van der Waals surface area contributed by atoms with Crippen molar-refractivity contribution in [1.82, 2.24) is 9.55 Å². The minimum Gasteiger partial charge on any atom is -0.462 e. The third-order valence-corrected chi connectivity index (χ3v) is 3.43. The van der Waals surface area contributed by atoms with Crippen LogP contribution in [0.15, 0.2) is 58.1 Å². The monoisotopic (exact) mass is 310 g/mol. The number of ether oxygens (including phenoxy) is 1. The van der Waals surface area contributed by atoms with E-state index in [9.17, 15) is 14.4 Å². The number of hydrogen-bond donors (Lipinski definition) is 1. The standard InChI is InChI=1S/C17H14N2O4/c1-2-23-16(21)11-8-9-13-14(10-11)19(17(22)18-15(13)20)12-6-4-3-5-7-12/h3-10H,2H2,1H3,(H,18,20,22). The summed E-state index contributed by atoms with van der Waals surface area (Å²) in [5.74, 6) is -0.498. The molecule has 23 heavy (non-hydrogen) atoms. The Bertz CT molecular complexity index is 987. The molecule has 0 radical (unpaired) electrons. The fourth-order valence-electron chi connectivity index (χ4n) is 2.41. The molecular weight excluding hydrogens is 296 g/mol. The van der Waals surface area contributed by atoms with Gasteiger partial charge in [0.15, 0.2) is 0 Å². The lowest BCUT2D eigenvalue weighted by molar-refractivity contribution is 0.0526. The molecule has 3 aromatic rings. The molecule has 0 aliphatic carbocycles. The van der Waals surface area contributed by atoms with Crippen molar-refractivity contribution in [1.29, 1.82) is 0 Å². The van der Waals surface area contributed by atoms with Crippen molar-refractivity contribution in [3.8, 4) is 5.69 Å². The molecule has 6 nitrogen and oxygen atoms in total. The predicted molar refractivity (Wildman–Crippen MR) is 86.1 cm³/mol. The van der Waals surface area contributed by atoms with Gasteiger partial charge in [-0.25, -0.2) is 9.59 Å². The first-order valence-corrected chi connectivity index (χ1v) is 7.13. The van der Waals surface area contributed by atoms with Crippen molar-refractivity contribution in [2.24, 2.45) is 0 Å². The van der Waals surface area contributed by atoms with E-state index in [-0.39, 0.29) is 12.2 Å². The summed E-state index contributed by atoms with van der Waals surface area (Å²) in [5, 5.41) is 0.321. The summed E-state index contributed by atoms with van der Waals surface area (Å²) < 4.78 is 6.33. The van der Waals surface area contributed by atoms with Crippen LogP contribution in [-0.2, 0) is 4.74 Å². The van der Waals surface area contributed by atoms with Crippen LogP contribution < -0.4 is 11.2 Å². The number of fused-ring (bicyclic) bond motifs is 1. The molecule has 6 heteroatoms. The van der Waals surface area contributed by atoms with E-state index < -0.39 is 17.2 Å². The van der Waals surface area contributed by atoms with Crippen LogP contribution >= 0.6 is 0 Å². The molecule has 0 fully saturated rings. The molecule has 0 aliphatic rings. The summed E-state index contributed by atoms with van der Waals surface area (Å²) in [4.78, 5) is 38.5. The Kier molecular flexibility index (Phi) is 3.80. The number of carbonyl (C=O) groups excluding carboxylic acids is 1. The Morgan fingerprint density at radius 3 is 2.57 bits per heavy atom. The van der Waals surface area contributed by atoms with Crippen LogP contribution in [0.25, 0.3) is 16.6 Å². The molecular formula is C17H14N2O4. The van der Waals surface area contributed by atoms with Gasteiger partial charge in [0.25, 0.3) is 5.56 Å². The molecule has 3 rings (SSSR count). The van der Waals surface area contributed by atoms with Crippen molar-refractivity contribution in [3.63, 3.8) is 0 Å². The highest BCUT2D eigenvalue weighted by Crippen LogP contribution is 2.16. The summed E-state index contributed by atoms with van der Waals surface area (Å²) in [6, 6.07) is 13.4. The average molecular weight is 310 g/mol. The Balaban J connectivity index is 2.34. The van der Waals surface area contributed by atoms with Crippen LogP contribution in [-0.4, -0.2) is 22.1 Å². The molecule has 0 atom stereocenters. The molecule has 0 bridgehead atoms. The molecule has 1 heterocycles. The molecule has 0 saturated heterocycles. The van der Waals surface area contributed by atoms with Crippen LogP contribution in [0.3, 0.4) is 0 Å². The number of carbonyl (C=O) groups is 1. The van der Waals surface area contributed by atoms with E-state index in [1.165, 1.54) is 22.8 Å². The Labute approximate surface area is 131 Å². The van der Waals surface area contributed by atoms with Crippen molar-refractivity contribution < 1.29 is 9.53 Å². The van der Waals surface area contributed by atoms with Crippen LogP contribution in [0.2, 0.25) is 0 Å². The second-order valence-corrected chi connectivity index (χ2v) is 4.88. The lowest BCUT2D eigenvalue weighted by Crippen LogP contribution is -2.29. The van der Waals surface area contributed by atoms with Gasteiger partial charge in [0.1, 0.15) is 0 Å². The average Bonchev–Trinajstić information content (AvgIpc) is 2.55. The van der Waals surface area contributed by atoms with Crippen LogP contribution in [0, 0.1) is 0 Å². The lowest BCUT2D eigenvalue weighted by atomic mass is 10.1. The molecule has 0 aliphatic heterocycles. The molecule has 0 amide bonds. The molecule has 116 valence electrons. The maximum absolute atomic E-state index is 12.3. The van der Waals surface area contributed by atoms with Gasteiger partial charge in [0.05, 0.1) is 28.8 Å². The van der Waals surface area contributed by atoms with E-state index >= 15 is 0 Å². The molecule has 1 N–H and O–H groups in total. The topological polar surface area (TPSA) is 81.2 Å². The van der Waals surface area contributed by atoms with Gasteiger partial charge in [0.2, 0.25) is 0 Å². The largest absolute Gasteiger partial charge is 0.462 e. The van der Waals surface area contributed by atoms with Gasteiger partial charge in [0, 0.05) is 0 Å². The van der Waals surface area contributed by atoms with E-state index in [2.05, 4.69) is 4.98 Å². The summed E-state index contributed by atoms with van der Waals surface area (Å²) in [6.07, 6.45) is 0. The van der Waals surface area contributed by atoms with Crippen LogP contribution in [0.4, 0.5) is 0 Å². The van der Waals surface area contributed by atoms with E-state index in [0.29, 0.717) is 16.6 Å². The molecule has 2 aromatic carbocycles. The van der Waals surface area contributed by atoms with Crippen molar-refractivity contribution in [3.05, 3.63) is 74.9 Å².